The molecule has 1 saturated heterocycles. The standard InChI is InChI=1S/C14H26N6O/c1-4-15-12-16-13(19(2)3)18-14(17-12)21-11-10-20-8-6-5-7-9-20/h4-11H2,1-3H3,(H,15,16,17,18). The SMILES string of the molecule is CCNc1nc(OCCN2CCCCC2)nc(N(C)C)n1. The Labute approximate surface area is 126 Å². The molecule has 7 heteroatoms. The maximum Gasteiger partial charge on any atom is 0.323 e. The van der Waals surface area contributed by atoms with Crippen molar-refractivity contribution in [1.82, 2.24) is 19.9 Å². The fraction of sp³-hybridized carbons (Fsp3) is 0.786. The zero-order valence-corrected chi connectivity index (χ0v) is 13.3. The van der Waals surface area contributed by atoms with Gasteiger partial charge in [-0.2, -0.15) is 15.0 Å². The minimum Gasteiger partial charge on any atom is -0.462 e. The minimum atomic E-state index is 0.390. The molecular weight excluding hydrogens is 268 g/mol. The van der Waals surface area contributed by atoms with E-state index in [0.29, 0.717) is 24.5 Å². The Morgan fingerprint density at radius 2 is 1.90 bits per heavy atom. The molecule has 1 aliphatic heterocycles. The molecule has 0 spiro atoms. The van der Waals surface area contributed by atoms with E-state index in [2.05, 4.69) is 25.2 Å². The zero-order chi connectivity index (χ0) is 15.1. The summed E-state index contributed by atoms with van der Waals surface area (Å²) in [6.07, 6.45) is 3.94. The lowest BCUT2D eigenvalue weighted by Gasteiger charge is -2.25. The number of nitrogens with zero attached hydrogens (tertiary/aromatic N) is 5. The first-order valence-electron chi connectivity index (χ1n) is 7.71. The molecule has 2 rings (SSSR count). The van der Waals surface area contributed by atoms with Crippen molar-refractivity contribution >= 4 is 11.9 Å². The summed E-state index contributed by atoms with van der Waals surface area (Å²) in [6, 6.07) is 0.390. The number of hydrogen-bond acceptors (Lipinski definition) is 7. The van der Waals surface area contributed by atoms with E-state index in [9.17, 15) is 0 Å². The van der Waals surface area contributed by atoms with Gasteiger partial charge in [-0.15, -0.1) is 0 Å². The van der Waals surface area contributed by atoms with Crippen LogP contribution in [0.3, 0.4) is 0 Å². The summed E-state index contributed by atoms with van der Waals surface area (Å²) in [5, 5.41) is 3.10. The van der Waals surface area contributed by atoms with E-state index in [-0.39, 0.29) is 0 Å². The summed E-state index contributed by atoms with van der Waals surface area (Å²) < 4.78 is 5.72. The highest BCUT2D eigenvalue weighted by Gasteiger charge is 2.12. The molecule has 0 aliphatic carbocycles. The van der Waals surface area contributed by atoms with Crippen LogP contribution in [0.2, 0.25) is 0 Å². The van der Waals surface area contributed by atoms with Crippen LogP contribution < -0.4 is 15.0 Å². The summed E-state index contributed by atoms with van der Waals surface area (Å²) in [4.78, 5) is 17.2. The zero-order valence-electron chi connectivity index (χ0n) is 13.3. The van der Waals surface area contributed by atoms with Gasteiger partial charge < -0.3 is 15.0 Å². The number of nitrogens with one attached hydrogen (secondary N) is 1. The summed E-state index contributed by atoms with van der Waals surface area (Å²) in [6.45, 7) is 6.67. The van der Waals surface area contributed by atoms with Gasteiger partial charge >= 0.3 is 6.01 Å². The Morgan fingerprint density at radius 3 is 2.57 bits per heavy atom. The molecule has 0 radical (unpaired) electrons. The fourth-order valence-electron chi connectivity index (χ4n) is 2.30. The van der Waals surface area contributed by atoms with Gasteiger partial charge in [-0.05, 0) is 32.9 Å². The van der Waals surface area contributed by atoms with E-state index in [0.717, 1.165) is 13.1 Å². The van der Waals surface area contributed by atoms with E-state index >= 15 is 0 Å². The largest absolute Gasteiger partial charge is 0.462 e. The summed E-state index contributed by atoms with van der Waals surface area (Å²) >= 11 is 0. The van der Waals surface area contributed by atoms with Crippen molar-refractivity contribution in [3.05, 3.63) is 0 Å². The Bertz CT molecular complexity index is 433. The van der Waals surface area contributed by atoms with Crippen LogP contribution in [0.15, 0.2) is 0 Å². The Morgan fingerprint density at radius 1 is 1.14 bits per heavy atom. The van der Waals surface area contributed by atoms with Gasteiger partial charge in [0.25, 0.3) is 0 Å². The first-order chi connectivity index (χ1) is 10.2. The lowest BCUT2D eigenvalue weighted by molar-refractivity contribution is 0.177. The predicted molar refractivity (Wildman–Crippen MR) is 84.1 cm³/mol. The van der Waals surface area contributed by atoms with Crippen LogP contribution in [-0.2, 0) is 0 Å². The van der Waals surface area contributed by atoms with Crippen LogP contribution in [-0.4, -0.2) is 66.7 Å². The lowest BCUT2D eigenvalue weighted by atomic mass is 10.1. The van der Waals surface area contributed by atoms with E-state index in [1.807, 2.05) is 25.9 Å². The van der Waals surface area contributed by atoms with Gasteiger partial charge in [-0.25, -0.2) is 0 Å². The Kier molecular flexibility index (Phi) is 5.98. The van der Waals surface area contributed by atoms with Crippen LogP contribution >= 0.6 is 0 Å². The van der Waals surface area contributed by atoms with Crippen LogP contribution in [0.4, 0.5) is 11.9 Å². The van der Waals surface area contributed by atoms with Crippen molar-refractivity contribution in [3.63, 3.8) is 0 Å². The number of hydrogen-bond donors (Lipinski definition) is 1. The summed E-state index contributed by atoms with van der Waals surface area (Å²) in [5.74, 6) is 1.16. The highest BCUT2D eigenvalue weighted by atomic mass is 16.5. The van der Waals surface area contributed by atoms with Gasteiger partial charge in [0.2, 0.25) is 11.9 Å². The van der Waals surface area contributed by atoms with Crippen LogP contribution in [0.1, 0.15) is 26.2 Å². The molecule has 0 amide bonds. The Hall–Kier alpha value is -1.63. The third-order valence-corrected chi connectivity index (χ3v) is 3.43. The van der Waals surface area contributed by atoms with E-state index < -0.39 is 0 Å². The van der Waals surface area contributed by atoms with Gasteiger partial charge in [0.05, 0.1) is 0 Å². The molecule has 0 bridgehead atoms. The molecule has 0 unspecified atom stereocenters. The molecule has 21 heavy (non-hydrogen) atoms. The van der Waals surface area contributed by atoms with Crippen molar-refractivity contribution < 1.29 is 4.74 Å². The molecule has 0 aromatic carbocycles. The number of aromatic nitrogens is 3. The number of likely N-dealkylation sites (tertiary alicyclic amines) is 1. The van der Waals surface area contributed by atoms with Crippen LogP contribution in [0.5, 0.6) is 6.01 Å². The maximum atomic E-state index is 5.72. The van der Waals surface area contributed by atoms with Crippen LogP contribution in [0.25, 0.3) is 0 Å². The van der Waals surface area contributed by atoms with Crippen molar-refractivity contribution in [2.24, 2.45) is 0 Å². The van der Waals surface area contributed by atoms with Gasteiger partial charge in [-0.3, -0.25) is 4.90 Å². The van der Waals surface area contributed by atoms with Crippen molar-refractivity contribution in [1.29, 1.82) is 0 Å². The molecule has 2 heterocycles. The first kappa shape index (κ1) is 15.8. The molecule has 1 aromatic heterocycles. The average molecular weight is 294 g/mol. The number of anilines is 2. The minimum absolute atomic E-state index is 0.390. The van der Waals surface area contributed by atoms with E-state index in [4.69, 9.17) is 4.74 Å². The van der Waals surface area contributed by atoms with Crippen molar-refractivity contribution in [2.75, 3.05) is 57.1 Å². The van der Waals surface area contributed by atoms with Gasteiger partial charge in [-0.1, -0.05) is 6.42 Å². The molecule has 7 nitrogen and oxygen atoms in total. The smallest absolute Gasteiger partial charge is 0.323 e. The second kappa shape index (κ2) is 7.97. The quantitative estimate of drug-likeness (QED) is 0.811. The number of ether oxygens (including phenoxy) is 1. The second-order valence-electron chi connectivity index (χ2n) is 5.42. The number of rotatable bonds is 7. The van der Waals surface area contributed by atoms with Crippen LogP contribution in [0, 0.1) is 0 Å². The monoisotopic (exact) mass is 294 g/mol. The van der Waals surface area contributed by atoms with E-state index in [1.165, 1.54) is 32.4 Å². The summed E-state index contributed by atoms with van der Waals surface area (Å²) in [5.41, 5.74) is 0. The topological polar surface area (TPSA) is 66.4 Å². The molecule has 1 N–H and O–H groups in total. The molecule has 0 saturated carbocycles. The third-order valence-electron chi connectivity index (χ3n) is 3.43. The third kappa shape index (κ3) is 5.00. The van der Waals surface area contributed by atoms with Crippen molar-refractivity contribution in [3.8, 4) is 6.01 Å². The van der Waals surface area contributed by atoms with Crippen molar-refractivity contribution in [2.45, 2.75) is 26.2 Å². The second-order valence-corrected chi connectivity index (χ2v) is 5.42. The molecular formula is C14H26N6O. The molecule has 0 atom stereocenters. The first-order valence-corrected chi connectivity index (χ1v) is 7.71. The maximum absolute atomic E-state index is 5.72. The fourth-order valence-corrected chi connectivity index (χ4v) is 2.30. The molecule has 1 aromatic rings. The van der Waals surface area contributed by atoms with Gasteiger partial charge in [0, 0.05) is 27.2 Å². The predicted octanol–water partition coefficient (Wildman–Crippen LogP) is 1.23. The molecule has 1 fully saturated rings. The van der Waals surface area contributed by atoms with Gasteiger partial charge in [0.15, 0.2) is 0 Å². The van der Waals surface area contributed by atoms with Gasteiger partial charge in [0.1, 0.15) is 6.61 Å². The Balaban J connectivity index is 1.91. The van der Waals surface area contributed by atoms with E-state index in [1.54, 1.807) is 0 Å². The molecule has 118 valence electrons. The average Bonchev–Trinajstić information content (AvgIpc) is 2.48. The number of piperidine rings is 1. The highest BCUT2D eigenvalue weighted by molar-refractivity contribution is 5.36. The molecule has 1 aliphatic rings. The summed E-state index contributed by atoms with van der Waals surface area (Å²) in [7, 11) is 3.81. The lowest BCUT2D eigenvalue weighted by Crippen LogP contribution is -2.33. The normalized spacial score (nSPS) is 15.8. The highest BCUT2D eigenvalue weighted by Crippen LogP contribution is 2.13.